The number of carbonyl (C=O) groups excluding carboxylic acids is 2. The van der Waals surface area contributed by atoms with Crippen molar-refractivity contribution in [3.05, 3.63) is 0 Å². The highest BCUT2D eigenvalue weighted by Gasteiger charge is 2.34. The number of esters is 2. The van der Waals surface area contributed by atoms with Crippen LogP contribution in [0.1, 0.15) is 82.1 Å². The predicted octanol–water partition coefficient (Wildman–Crippen LogP) is 4.59. The van der Waals surface area contributed by atoms with Crippen LogP contribution in [-0.2, 0) is 19.1 Å². The fourth-order valence-electron chi connectivity index (χ4n) is 3.74. The van der Waals surface area contributed by atoms with Crippen molar-refractivity contribution in [2.75, 3.05) is 26.3 Å². The summed E-state index contributed by atoms with van der Waals surface area (Å²) in [6.07, 6.45) is 1.54. The van der Waals surface area contributed by atoms with Gasteiger partial charge < -0.3 is 14.8 Å². The Bertz CT molecular complexity index is 438. The third-order valence-electron chi connectivity index (χ3n) is 4.07. The zero-order chi connectivity index (χ0) is 21.5. The second-order valence-electron chi connectivity index (χ2n) is 11.3. The Morgan fingerprint density at radius 1 is 0.630 bits per heavy atom. The summed E-state index contributed by atoms with van der Waals surface area (Å²) in [7, 11) is 0. The molecule has 0 spiro atoms. The second-order valence-corrected chi connectivity index (χ2v) is 11.3. The standard InChI is InChI=1S/C22H43NO4/c1-19(2,3)15-21(7,8)17(24)26-13-11-23-12-14-27-18(25)22(9,10)16-20(4,5)6/h23H,11-16H2,1-10H3. The summed E-state index contributed by atoms with van der Waals surface area (Å²) in [5.41, 5.74) is -0.838. The van der Waals surface area contributed by atoms with E-state index in [1.54, 1.807) is 0 Å². The van der Waals surface area contributed by atoms with Gasteiger partial charge in [0.05, 0.1) is 10.8 Å². The lowest BCUT2D eigenvalue weighted by Crippen LogP contribution is -2.34. The summed E-state index contributed by atoms with van der Waals surface area (Å²) in [6, 6.07) is 0. The Morgan fingerprint density at radius 2 is 0.926 bits per heavy atom. The van der Waals surface area contributed by atoms with Gasteiger partial charge in [-0.1, -0.05) is 41.5 Å². The van der Waals surface area contributed by atoms with Gasteiger partial charge in [0, 0.05) is 13.1 Å². The second kappa shape index (κ2) is 9.90. The van der Waals surface area contributed by atoms with Gasteiger partial charge in [0.1, 0.15) is 13.2 Å². The van der Waals surface area contributed by atoms with Crippen LogP contribution in [-0.4, -0.2) is 38.2 Å². The van der Waals surface area contributed by atoms with Crippen LogP contribution in [0.4, 0.5) is 0 Å². The molecule has 0 bridgehead atoms. The quantitative estimate of drug-likeness (QED) is 0.440. The first-order valence-electron chi connectivity index (χ1n) is 10.0. The van der Waals surface area contributed by atoms with E-state index in [9.17, 15) is 9.59 Å². The summed E-state index contributed by atoms with van der Waals surface area (Å²) in [5, 5.41) is 3.14. The molecule has 0 unspecified atom stereocenters. The van der Waals surface area contributed by atoms with Crippen molar-refractivity contribution in [2.45, 2.75) is 82.1 Å². The third-order valence-corrected chi connectivity index (χ3v) is 4.07. The molecule has 0 aliphatic heterocycles. The number of carbonyl (C=O) groups is 2. The third kappa shape index (κ3) is 12.1. The molecule has 27 heavy (non-hydrogen) atoms. The van der Waals surface area contributed by atoms with E-state index < -0.39 is 10.8 Å². The molecule has 0 aromatic carbocycles. The van der Waals surface area contributed by atoms with Crippen LogP contribution in [0.5, 0.6) is 0 Å². The Morgan fingerprint density at radius 3 is 1.19 bits per heavy atom. The number of hydrogen-bond donors (Lipinski definition) is 1. The number of hydrogen-bond acceptors (Lipinski definition) is 5. The average Bonchev–Trinajstić information content (AvgIpc) is 2.40. The van der Waals surface area contributed by atoms with Gasteiger partial charge in [-0.2, -0.15) is 0 Å². The van der Waals surface area contributed by atoms with Crippen LogP contribution in [0.15, 0.2) is 0 Å². The molecular weight excluding hydrogens is 342 g/mol. The molecule has 0 fully saturated rings. The maximum Gasteiger partial charge on any atom is 0.311 e. The highest BCUT2D eigenvalue weighted by molar-refractivity contribution is 5.76. The molecule has 0 amide bonds. The molecule has 0 saturated heterocycles. The van der Waals surface area contributed by atoms with E-state index in [1.807, 2.05) is 27.7 Å². The molecule has 0 radical (unpaired) electrons. The topological polar surface area (TPSA) is 64.6 Å². The highest BCUT2D eigenvalue weighted by atomic mass is 16.5. The first-order valence-corrected chi connectivity index (χ1v) is 10.0. The molecule has 0 aromatic rings. The minimum atomic E-state index is -0.494. The van der Waals surface area contributed by atoms with Crippen LogP contribution >= 0.6 is 0 Å². The van der Waals surface area contributed by atoms with Crippen molar-refractivity contribution in [3.8, 4) is 0 Å². The highest BCUT2D eigenvalue weighted by Crippen LogP contribution is 2.34. The minimum absolute atomic E-state index is 0.0748. The van der Waals surface area contributed by atoms with Gasteiger partial charge in [-0.05, 0) is 51.4 Å². The normalized spacial score (nSPS) is 13.4. The fraction of sp³-hybridized carbons (Fsp3) is 0.909. The smallest absolute Gasteiger partial charge is 0.311 e. The monoisotopic (exact) mass is 385 g/mol. The van der Waals surface area contributed by atoms with Crippen molar-refractivity contribution in [3.63, 3.8) is 0 Å². The van der Waals surface area contributed by atoms with Crippen molar-refractivity contribution >= 4 is 11.9 Å². The molecule has 1 N–H and O–H groups in total. The molecule has 0 aromatic heterocycles. The maximum absolute atomic E-state index is 12.2. The summed E-state index contributed by atoms with van der Waals surface area (Å²) >= 11 is 0. The van der Waals surface area contributed by atoms with E-state index in [2.05, 4.69) is 46.9 Å². The van der Waals surface area contributed by atoms with Crippen molar-refractivity contribution in [1.29, 1.82) is 0 Å². The van der Waals surface area contributed by atoms with Gasteiger partial charge in [0.15, 0.2) is 0 Å². The Kier molecular flexibility index (Phi) is 9.50. The van der Waals surface area contributed by atoms with E-state index in [0.29, 0.717) is 26.3 Å². The van der Waals surface area contributed by atoms with Crippen molar-refractivity contribution in [1.82, 2.24) is 5.32 Å². The molecule has 0 atom stereocenters. The molecule has 160 valence electrons. The van der Waals surface area contributed by atoms with E-state index in [-0.39, 0.29) is 22.8 Å². The zero-order valence-electron chi connectivity index (χ0n) is 19.4. The van der Waals surface area contributed by atoms with Gasteiger partial charge in [0.2, 0.25) is 0 Å². The van der Waals surface area contributed by atoms with Crippen molar-refractivity contribution < 1.29 is 19.1 Å². The van der Waals surface area contributed by atoms with Gasteiger partial charge in [0.25, 0.3) is 0 Å². The Balaban J connectivity index is 4.02. The molecule has 5 heteroatoms. The Hall–Kier alpha value is -1.10. The lowest BCUT2D eigenvalue weighted by molar-refractivity contribution is -0.155. The molecule has 0 saturated carbocycles. The van der Waals surface area contributed by atoms with Crippen LogP contribution in [0.2, 0.25) is 0 Å². The molecular formula is C22H43NO4. The molecule has 0 heterocycles. The number of rotatable bonds is 10. The first kappa shape index (κ1) is 25.9. The van der Waals surface area contributed by atoms with Crippen molar-refractivity contribution in [2.24, 2.45) is 21.7 Å². The Labute approximate surface area is 167 Å². The molecule has 0 rings (SSSR count). The summed E-state index contributed by atoms with van der Waals surface area (Å²) in [6.45, 7) is 22.1. The summed E-state index contributed by atoms with van der Waals surface area (Å²) < 4.78 is 10.8. The SMILES string of the molecule is CC(C)(C)CC(C)(C)C(=O)OCCNCCOC(=O)C(C)(C)CC(C)(C)C. The first-order chi connectivity index (χ1) is 12.0. The van der Waals surface area contributed by atoms with Crippen LogP contribution < -0.4 is 5.32 Å². The van der Waals surface area contributed by atoms with Crippen LogP contribution in [0.3, 0.4) is 0 Å². The molecule has 0 aliphatic carbocycles. The number of nitrogens with one attached hydrogen (secondary N) is 1. The summed E-state index contributed by atoms with van der Waals surface area (Å²) in [5.74, 6) is -0.343. The molecule has 5 nitrogen and oxygen atoms in total. The summed E-state index contributed by atoms with van der Waals surface area (Å²) in [4.78, 5) is 24.5. The molecule has 0 aliphatic rings. The number of ether oxygens (including phenoxy) is 2. The lowest BCUT2D eigenvalue weighted by Gasteiger charge is -2.30. The maximum atomic E-state index is 12.2. The minimum Gasteiger partial charge on any atom is -0.464 e. The van der Waals surface area contributed by atoms with E-state index in [4.69, 9.17) is 9.47 Å². The average molecular weight is 386 g/mol. The van der Waals surface area contributed by atoms with Gasteiger partial charge in [-0.15, -0.1) is 0 Å². The zero-order valence-corrected chi connectivity index (χ0v) is 19.4. The fourth-order valence-corrected chi connectivity index (χ4v) is 3.74. The lowest BCUT2D eigenvalue weighted by atomic mass is 9.76. The largest absolute Gasteiger partial charge is 0.464 e. The van der Waals surface area contributed by atoms with E-state index in [1.165, 1.54) is 0 Å². The van der Waals surface area contributed by atoms with E-state index >= 15 is 0 Å². The van der Waals surface area contributed by atoms with Crippen LogP contribution in [0.25, 0.3) is 0 Å². The van der Waals surface area contributed by atoms with E-state index in [0.717, 1.165) is 12.8 Å². The predicted molar refractivity (Wildman–Crippen MR) is 110 cm³/mol. The van der Waals surface area contributed by atoms with Gasteiger partial charge >= 0.3 is 11.9 Å². The van der Waals surface area contributed by atoms with Crippen LogP contribution in [0, 0.1) is 21.7 Å². The van der Waals surface area contributed by atoms with Gasteiger partial charge in [-0.25, -0.2) is 0 Å². The van der Waals surface area contributed by atoms with Gasteiger partial charge in [-0.3, -0.25) is 9.59 Å².